The molecule has 1 fully saturated rings. The van der Waals surface area contributed by atoms with E-state index in [1.807, 2.05) is 32.6 Å². The van der Waals surface area contributed by atoms with Crippen LogP contribution in [0.3, 0.4) is 0 Å². The number of carbonyl (C=O) groups excluding carboxylic acids is 1. The summed E-state index contributed by atoms with van der Waals surface area (Å²) >= 11 is 25.8. The molecule has 0 unspecified atom stereocenters. The molecule has 4 heterocycles. The number of nitrogens with zero attached hydrogens (tertiary/aromatic N) is 6. The predicted octanol–water partition coefficient (Wildman–Crippen LogP) is 7.31. The monoisotopic (exact) mass is 701 g/mol. The van der Waals surface area contributed by atoms with Gasteiger partial charge in [0.15, 0.2) is 5.82 Å². The summed E-state index contributed by atoms with van der Waals surface area (Å²) < 4.78 is 16.4. The van der Waals surface area contributed by atoms with Crippen molar-refractivity contribution in [2.75, 3.05) is 30.3 Å². The highest BCUT2D eigenvalue weighted by Crippen LogP contribution is 2.47. The van der Waals surface area contributed by atoms with Gasteiger partial charge in [0.1, 0.15) is 22.3 Å². The molecule has 238 valence electrons. The third-order valence-corrected chi connectivity index (χ3v) is 9.45. The van der Waals surface area contributed by atoms with Crippen molar-refractivity contribution in [3.8, 4) is 23.0 Å². The average molecular weight is 703 g/mol. The van der Waals surface area contributed by atoms with Crippen LogP contribution in [0.25, 0.3) is 28.0 Å². The van der Waals surface area contributed by atoms with E-state index < -0.39 is 21.4 Å². The Balaban J connectivity index is 1.94. The third-order valence-electron chi connectivity index (χ3n) is 8.05. The van der Waals surface area contributed by atoms with Crippen molar-refractivity contribution in [2.45, 2.75) is 39.7 Å². The zero-order valence-electron chi connectivity index (χ0n) is 25.3. The summed E-state index contributed by atoms with van der Waals surface area (Å²) in [7, 11) is 0. The zero-order chi connectivity index (χ0) is 33.8. The number of aromatic nitrogens is 3. The second-order valence-electron chi connectivity index (χ2n) is 11.3. The lowest BCUT2D eigenvalue weighted by Gasteiger charge is -2.41. The number of aryl methyl sites for hydroxylation is 1. The fourth-order valence-electron chi connectivity index (χ4n) is 5.83. The van der Waals surface area contributed by atoms with Gasteiger partial charge in [-0.15, -0.1) is 0 Å². The molecule has 1 aliphatic heterocycles. The van der Waals surface area contributed by atoms with Crippen molar-refractivity contribution in [2.24, 2.45) is 0 Å². The maximum Gasteiger partial charge on any atom is 0.276 e. The molecule has 46 heavy (non-hydrogen) atoms. The maximum atomic E-state index is 15.1. The van der Waals surface area contributed by atoms with Gasteiger partial charge >= 0.3 is 0 Å². The molecule has 1 aliphatic rings. The Hall–Kier alpha value is -3.88. The van der Waals surface area contributed by atoms with Gasteiger partial charge in [-0.05, 0) is 43.5 Å². The molecule has 1 amide bonds. The van der Waals surface area contributed by atoms with E-state index >= 15 is 4.39 Å². The molecule has 4 aromatic rings. The van der Waals surface area contributed by atoms with Crippen molar-refractivity contribution >= 4 is 74.7 Å². The number of nitriles is 1. The molecule has 0 bridgehead atoms. The molecular weight excluding hydrogens is 675 g/mol. The number of amides is 1. The van der Waals surface area contributed by atoms with Crippen LogP contribution < -0.4 is 16.2 Å². The summed E-state index contributed by atoms with van der Waals surface area (Å²) in [6.45, 7) is 12.0. The van der Waals surface area contributed by atoms with Crippen LogP contribution in [0, 0.1) is 24.1 Å². The Kier molecular flexibility index (Phi) is 9.26. The number of halogens is 5. The lowest BCUT2D eigenvalue weighted by molar-refractivity contribution is -0.128. The molecule has 3 aromatic heterocycles. The first kappa shape index (κ1) is 33.5. The summed E-state index contributed by atoms with van der Waals surface area (Å²) in [5, 5.41) is 9.73. The van der Waals surface area contributed by atoms with E-state index in [1.54, 1.807) is 17.2 Å². The lowest BCUT2D eigenvalue weighted by Crippen LogP contribution is -2.54. The summed E-state index contributed by atoms with van der Waals surface area (Å²) in [5.74, 6) is -1.36. The number of rotatable bonds is 5. The molecule has 0 spiro atoms. The third kappa shape index (κ3) is 5.35. The van der Waals surface area contributed by atoms with E-state index in [1.165, 1.54) is 16.7 Å². The Morgan fingerprint density at radius 1 is 1.20 bits per heavy atom. The van der Waals surface area contributed by atoms with Gasteiger partial charge in [0, 0.05) is 42.8 Å². The summed E-state index contributed by atoms with van der Waals surface area (Å²) in [6, 6.07) is 5.11. The van der Waals surface area contributed by atoms with Crippen LogP contribution in [-0.2, 0) is 4.79 Å². The number of hydrogen-bond acceptors (Lipinski definition) is 7. The number of nitrogens with two attached hydrogens (primary N) is 1. The van der Waals surface area contributed by atoms with Crippen LogP contribution >= 0.6 is 46.4 Å². The summed E-state index contributed by atoms with van der Waals surface area (Å²) in [6.07, 6.45) is 2.89. The number of piperazine rings is 1. The van der Waals surface area contributed by atoms with Gasteiger partial charge < -0.3 is 15.5 Å². The normalized spacial score (nSPS) is 15.0. The highest BCUT2D eigenvalue weighted by atomic mass is 35.5. The summed E-state index contributed by atoms with van der Waals surface area (Å²) in [4.78, 5) is 39.9. The number of nitrogen functional groups attached to an aromatic ring is 1. The molecule has 1 aromatic carbocycles. The topological polar surface area (TPSA) is 121 Å². The fourth-order valence-corrected chi connectivity index (χ4v) is 6.97. The van der Waals surface area contributed by atoms with Gasteiger partial charge in [-0.2, -0.15) is 5.26 Å². The second-order valence-corrected chi connectivity index (χ2v) is 12.8. The first-order chi connectivity index (χ1) is 21.7. The van der Waals surface area contributed by atoms with Crippen molar-refractivity contribution in [1.29, 1.82) is 5.26 Å². The van der Waals surface area contributed by atoms with Crippen LogP contribution in [0.4, 0.5) is 15.8 Å². The van der Waals surface area contributed by atoms with E-state index in [-0.39, 0.29) is 56.1 Å². The van der Waals surface area contributed by atoms with Gasteiger partial charge in [0.05, 0.1) is 43.5 Å². The number of anilines is 2. The minimum atomic E-state index is -1.01. The van der Waals surface area contributed by atoms with Gasteiger partial charge in [0.25, 0.3) is 5.56 Å². The Labute approximate surface area is 284 Å². The SMILES string of the molecule is C=CC(=O)N1CCN(c2c(C#N)c(=O)n(-c3c(C)ccnc3C(C)C)c3nc(-c4c(Cl)c(N)c(Cl)c(F)c4Cl)c(Cl)cc23)C[C@H]1C. The lowest BCUT2D eigenvalue weighted by atomic mass is 10.0. The van der Waals surface area contributed by atoms with E-state index in [9.17, 15) is 14.9 Å². The summed E-state index contributed by atoms with van der Waals surface area (Å²) in [5.41, 5.74) is 6.88. The van der Waals surface area contributed by atoms with Crippen molar-refractivity contribution < 1.29 is 9.18 Å². The second kappa shape index (κ2) is 12.7. The number of carbonyl (C=O) groups is 1. The van der Waals surface area contributed by atoms with Crippen LogP contribution in [0.15, 0.2) is 35.8 Å². The molecule has 14 heteroatoms. The first-order valence-electron chi connectivity index (χ1n) is 14.2. The minimum absolute atomic E-state index is 0.00623. The number of pyridine rings is 3. The van der Waals surface area contributed by atoms with Crippen molar-refractivity contribution in [3.05, 3.63) is 84.1 Å². The molecule has 0 radical (unpaired) electrons. The van der Waals surface area contributed by atoms with Crippen LogP contribution in [0.2, 0.25) is 20.1 Å². The molecule has 1 saturated heterocycles. The predicted molar refractivity (Wildman–Crippen MR) is 182 cm³/mol. The number of fused-ring (bicyclic) bond motifs is 1. The Morgan fingerprint density at radius 3 is 2.50 bits per heavy atom. The fraction of sp³-hybridized carbons (Fsp3) is 0.281. The molecule has 1 atom stereocenters. The quantitative estimate of drug-likeness (QED) is 0.100. The van der Waals surface area contributed by atoms with E-state index in [2.05, 4.69) is 17.6 Å². The standard InChI is InChI=1S/C32H28Cl4FN7O2/c1-6-20(45)43-10-9-42(13-16(43)5)30-17-11-19(33)28(21-22(34)25(37)24(36)26(39)23(21)35)41-31(17)44(32(46)18(30)12-38)29-15(4)7-8-40-27(29)14(2)3/h6-8,11,14,16H,1,9-10,13,39H2,2-5H3/t16-/m1/s1. The number of benzene rings is 1. The number of hydrogen-bond donors (Lipinski definition) is 1. The smallest absolute Gasteiger partial charge is 0.276 e. The van der Waals surface area contributed by atoms with Gasteiger partial charge in [-0.25, -0.2) is 9.37 Å². The highest BCUT2D eigenvalue weighted by Gasteiger charge is 2.33. The Morgan fingerprint density at radius 2 is 1.89 bits per heavy atom. The van der Waals surface area contributed by atoms with Gasteiger partial charge in [-0.3, -0.25) is 19.1 Å². The van der Waals surface area contributed by atoms with Crippen LogP contribution in [0.1, 0.15) is 43.5 Å². The molecule has 0 saturated carbocycles. The zero-order valence-corrected chi connectivity index (χ0v) is 28.3. The van der Waals surface area contributed by atoms with E-state index in [0.717, 1.165) is 0 Å². The van der Waals surface area contributed by atoms with E-state index in [0.29, 0.717) is 47.7 Å². The molecule has 9 nitrogen and oxygen atoms in total. The van der Waals surface area contributed by atoms with Gasteiger partial charge in [-0.1, -0.05) is 66.8 Å². The first-order valence-corrected chi connectivity index (χ1v) is 15.7. The molecule has 5 rings (SSSR count). The van der Waals surface area contributed by atoms with Crippen molar-refractivity contribution in [3.63, 3.8) is 0 Å². The minimum Gasteiger partial charge on any atom is -0.396 e. The Bertz CT molecular complexity index is 2030. The molecule has 0 aliphatic carbocycles. The highest BCUT2D eigenvalue weighted by molar-refractivity contribution is 6.45. The van der Waals surface area contributed by atoms with Crippen LogP contribution in [0.5, 0.6) is 0 Å². The maximum absolute atomic E-state index is 15.1. The van der Waals surface area contributed by atoms with Gasteiger partial charge in [0.2, 0.25) is 5.91 Å². The largest absolute Gasteiger partial charge is 0.396 e. The average Bonchev–Trinajstić information content (AvgIpc) is 3.02. The van der Waals surface area contributed by atoms with Crippen LogP contribution in [-0.4, -0.2) is 51.0 Å². The van der Waals surface area contributed by atoms with Crippen molar-refractivity contribution in [1.82, 2.24) is 19.4 Å². The molecule has 2 N–H and O–H groups in total. The van der Waals surface area contributed by atoms with E-state index in [4.69, 9.17) is 57.1 Å². The molecular formula is C32H28Cl4FN7O2.